The number of methoxy groups -OCH3 is 1. The number of carbonyl (C=O) groups is 1. The zero-order valence-electron chi connectivity index (χ0n) is 11.7. The normalized spacial score (nSPS) is 10.6. The molecule has 0 aliphatic heterocycles. The lowest BCUT2D eigenvalue weighted by atomic mass is 10.1. The molecule has 0 aliphatic rings. The summed E-state index contributed by atoms with van der Waals surface area (Å²) in [5.74, 6) is -0.0309. The Morgan fingerprint density at radius 3 is 2.59 bits per heavy atom. The highest BCUT2D eigenvalue weighted by atomic mass is 16.5. The van der Waals surface area contributed by atoms with Crippen LogP contribution in [0.2, 0.25) is 0 Å². The number of nitrogens with zero attached hydrogens (tertiary/aromatic N) is 1. The van der Waals surface area contributed by atoms with Crippen molar-refractivity contribution in [2.24, 2.45) is 0 Å². The molecule has 0 saturated carbocycles. The molecule has 3 aromatic rings. The van der Waals surface area contributed by atoms with Crippen molar-refractivity contribution in [1.29, 1.82) is 0 Å². The van der Waals surface area contributed by atoms with Gasteiger partial charge in [0, 0.05) is 5.56 Å². The zero-order chi connectivity index (χ0) is 15.7. The highest BCUT2D eigenvalue weighted by molar-refractivity contribution is 5.90. The molecule has 2 N–H and O–H groups in total. The first-order chi connectivity index (χ1) is 10.6. The van der Waals surface area contributed by atoms with Crippen LogP contribution in [0.25, 0.3) is 22.3 Å². The van der Waals surface area contributed by atoms with Crippen LogP contribution in [0.4, 0.5) is 0 Å². The minimum atomic E-state index is -0.429. The number of aromatic nitrogens is 2. The molecule has 6 nitrogen and oxygen atoms in total. The maximum absolute atomic E-state index is 12.1. The molecule has 0 atom stereocenters. The minimum absolute atomic E-state index is 0.00924. The van der Waals surface area contributed by atoms with E-state index in [1.807, 2.05) is 0 Å². The van der Waals surface area contributed by atoms with Crippen LogP contribution in [-0.2, 0) is 4.74 Å². The largest absolute Gasteiger partial charge is 0.508 e. The second-order valence-corrected chi connectivity index (χ2v) is 4.68. The summed E-state index contributed by atoms with van der Waals surface area (Å²) in [5.41, 5.74) is 1.22. The van der Waals surface area contributed by atoms with E-state index in [4.69, 9.17) is 0 Å². The van der Waals surface area contributed by atoms with Crippen molar-refractivity contribution in [2.45, 2.75) is 0 Å². The van der Waals surface area contributed by atoms with E-state index in [0.717, 1.165) is 0 Å². The number of benzene rings is 2. The zero-order valence-corrected chi connectivity index (χ0v) is 11.7. The van der Waals surface area contributed by atoms with Gasteiger partial charge in [0.15, 0.2) is 0 Å². The first kappa shape index (κ1) is 13.8. The number of hydrogen-bond acceptors (Lipinski definition) is 5. The number of phenolic OH excluding ortho intramolecular Hbond substituents is 1. The summed E-state index contributed by atoms with van der Waals surface area (Å²) in [4.78, 5) is 30.5. The van der Waals surface area contributed by atoms with Gasteiger partial charge in [-0.3, -0.25) is 4.79 Å². The molecular formula is C16H12N2O4. The summed E-state index contributed by atoms with van der Waals surface area (Å²) in [6, 6.07) is 11.0. The number of nitrogens with one attached hydrogen (secondary N) is 1. The van der Waals surface area contributed by atoms with Crippen LogP contribution in [0, 0.1) is 0 Å². The van der Waals surface area contributed by atoms with Crippen molar-refractivity contribution < 1.29 is 14.6 Å². The van der Waals surface area contributed by atoms with Gasteiger partial charge in [0.05, 0.1) is 23.6 Å². The van der Waals surface area contributed by atoms with E-state index in [-0.39, 0.29) is 11.3 Å². The molecule has 6 heteroatoms. The van der Waals surface area contributed by atoms with Gasteiger partial charge in [0.25, 0.3) is 5.56 Å². The van der Waals surface area contributed by atoms with Crippen LogP contribution in [0.3, 0.4) is 0 Å². The molecule has 2 aromatic carbocycles. The second kappa shape index (κ2) is 5.33. The Kier molecular flexibility index (Phi) is 3.34. The molecule has 3 rings (SSSR count). The molecule has 1 heterocycles. The minimum Gasteiger partial charge on any atom is -0.508 e. The van der Waals surface area contributed by atoms with Crippen molar-refractivity contribution in [1.82, 2.24) is 9.97 Å². The maximum Gasteiger partial charge on any atom is 0.337 e. The Balaban J connectivity index is 2.08. The summed E-state index contributed by atoms with van der Waals surface area (Å²) in [6.07, 6.45) is 0. The van der Waals surface area contributed by atoms with Gasteiger partial charge < -0.3 is 14.8 Å². The van der Waals surface area contributed by atoms with E-state index in [1.165, 1.54) is 19.2 Å². The first-order valence-electron chi connectivity index (χ1n) is 6.50. The van der Waals surface area contributed by atoms with Crippen LogP contribution < -0.4 is 5.56 Å². The van der Waals surface area contributed by atoms with E-state index in [2.05, 4.69) is 14.7 Å². The predicted molar refractivity (Wildman–Crippen MR) is 80.8 cm³/mol. The monoisotopic (exact) mass is 296 g/mol. The molecule has 0 radical (unpaired) electrons. The molecule has 0 unspecified atom stereocenters. The summed E-state index contributed by atoms with van der Waals surface area (Å²) in [5, 5.41) is 9.74. The number of phenols is 1. The van der Waals surface area contributed by atoms with Gasteiger partial charge >= 0.3 is 5.97 Å². The number of aromatic hydroxyl groups is 1. The van der Waals surface area contributed by atoms with Gasteiger partial charge in [-0.2, -0.15) is 0 Å². The molecule has 0 saturated heterocycles. The molecule has 0 spiro atoms. The van der Waals surface area contributed by atoms with E-state index in [1.54, 1.807) is 30.3 Å². The van der Waals surface area contributed by atoms with E-state index in [9.17, 15) is 14.7 Å². The van der Waals surface area contributed by atoms with Gasteiger partial charge in [0.1, 0.15) is 11.6 Å². The SMILES string of the molecule is COC(=O)c1ccc(-c2nc3ccc(O)cc3c(=O)[nH]2)cc1. The number of esters is 1. The Morgan fingerprint density at radius 2 is 1.91 bits per heavy atom. The number of aromatic amines is 1. The number of fused-ring (bicyclic) bond motifs is 1. The topological polar surface area (TPSA) is 92.3 Å². The average molecular weight is 296 g/mol. The molecule has 110 valence electrons. The van der Waals surface area contributed by atoms with Gasteiger partial charge in [0.2, 0.25) is 0 Å². The first-order valence-corrected chi connectivity index (χ1v) is 6.50. The second-order valence-electron chi connectivity index (χ2n) is 4.68. The van der Waals surface area contributed by atoms with E-state index >= 15 is 0 Å². The van der Waals surface area contributed by atoms with Gasteiger partial charge in [-0.25, -0.2) is 9.78 Å². The van der Waals surface area contributed by atoms with Crippen molar-refractivity contribution in [3.63, 3.8) is 0 Å². The smallest absolute Gasteiger partial charge is 0.337 e. The fraction of sp³-hybridized carbons (Fsp3) is 0.0625. The number of H-pyrrole nitrogens is 1. The highest BCUT2D eigenvalue weighted by Crippen LogP contribution is 2.19. The number of ether oxygens (including phenoxy) is 1. The lowest BCUT2D eigenvalue weighted by molar-refractivity contribution is 0.0601. The fourth-order valence-electron chi connectivity index (χ4n) is 2.15. The third-order valence-electron chi connectivity index (χ3n) is 3.27. The number of rotatable bonds is 2. The predicted octanol–water partition coefficient (Wildman–Crippen LogP) is 2.08. The summed E-state index contributed by atoms with van der Waals surface area (Å²) in [6.45, 7) is 0. The molecule has 1 aromatic heterocycles. The Labute approximate surface area is 125 Å². The summed E-state index contributed by atoms with van der Waals surface area (Å²) >= 11 is 0. The summed E-state index contributed by atoms with van der Waals surface area (Å²) in [7, 11) is 1.31. The van der Waals surface area contributed by atoms with Crippen LogP contribution >= 0.6 is 0 Å². The van der Waals surface area contributed by atoms with Gasteiger partial charge in [-0.05, 0) is 30.3 Å². The standard InChI is InChI=1S/C16H12N2O4/c1-22-16(21)10-4-2-9(3-5-10)14-17-13-7-6-11(19)8-12(13)15(20)18-14/h2-8,19H,1H3,(H,17,18,20). The van der Waals surface area contributed by atoms with Crippen molar-refractivity contribution in [3.8, 4) is 17.1 Å². The number of carbonyl (C=O) groups excluding carboxylic acids is 1. The lowest BCUT2D eigenvalue weighted by Gasteiger charge is -2.05. The Hall–Kier alpha value is -3.15. The third kappa shape index (κ3) is 2.42. The summed E-state index contributed by atoms with van der Waals surface area (Å²) < 4.78 is 4.63. The molecule has 0 bridgehead atoms. The Bertz CT molecular complexity index is 914. The van der Waals surface area contributed by atoms with E-state index < -0.39 is 5.97 Å². The average Bonchev–Trinajstić information content (AvgIpc) is 2.55. The van der Waals surface area contributed by atoms with Crippen LogP contribution in [-0.4, -0.2) is 28.2 Å². The Morgan fingerprint density at radius 1 is 1.18 bits per heavy atom. The molecule has 0 amide bonds. The number of hydrogen-bond donors (Lipinski definition) is 2. The van der Waals surface area contributed by atoms with Crippen molar-refractivity contribution in [2.75, 3.05) is 7.11 Å². The van der Waals surface area contributed by atoms with Crippen LogP contribution in [0.1, 0.15) is 10.4 Å². The highest BCUT2D eigenvalue weighted by Gasteiger charge is 2.09. The molecule has 22 heavy (non-hydrogen) atoms. The van der Waals surface area contributed by atoms with Gasteiger partial charge in [-0.1, -0.05) is 12.1 Å². The molecular weight excluding hydrogens is 284 g/mol. The van der Waals surface area contributed by atoms with Crippen LogP contribution in [0.5, 0.6) is 5.75 Å². The van der Waals surface area contributed by atoms with Crippen molar-refractivity contribution in [3.05, 3.63) is 58.4 Å². The maximum atomic E-state index is 12.1. The van der Waals surface area contributed by atoms with E-state index in [0.29, 0.717) is 27.9 Å². The fourth-order valence-corrected chi connectivity index (χ4v) is 2.15. The van der Waals surface area contributed by atoms with Gasteiger partial charge in [-0.15, -0.1) is 0 Å². The third-order valence-corrected chi connectivity index (χ3v) is 3.27. The van der Waals surface area contributed by atoms with Crippen molar-refractivity contribution >= 4 is 16.9 Å². The molecule has 0 aliphatic carbocycles. The molecule has 0 fully saturated rings. The van der Waals surface area contributed by atoms with Crippen LogP contribution in [0.15, 0.2) is 47.3 Å². The quantitative estimate of drug-likeness (QED) is 0.706. The lowest BCUT2D eigenvalue weighted by Crippen LogP contribution is -2.09.